The summed E-state index contributed by atoms with van der Waals surface area (Å²) in [6, 6.07) is 0. The second kappa shape index (κ2) is 3.24. The summed E-state index contributed by atoms with van der Waals surface area (Å²) in [5, 5.41) is 0. The average molecular weight is 125 g/mol. The molecule has 0 heterocycles. The molecule has 0 amide bonds. The van der Waals surface area contributed by atoms with Crippen LogP contribution in [0.2, 0.25) is 0 Å². The fourth-order valence-corrected chi connectivity index (χ4v) is 1.76. The summed E-state index contributed by atoms with van der Waals surface area (Å²) in [7, 11) is 0. The molecule has 0 aromatic carbocycles. The van der Waals surface area contributed by atoms with Crippen molar-refractivity contribution in [1.82, 2.24) is 0 Å². The molecule has 1 aliphatic carbocycles. The van der Waals surface area contributed by atoms with Gasteiger partial charge in [-0.1, -0.05) is 46.0 Å². The normalized spacial score (nSPS) is 24.7. The molecular weight excluding hydrogens is 108 g/mol. The van der Waals surface area contributed by atoms with Crippen molar-refractivity contribution in [2.24, 2.45) is 11.8 Å². The molecule has 0 bridgehead atoms. The molecule has 0 spiro atoms. The molecule has 0 aromatic heterocycles. The zero-order chi connectivity index (χ0) is 6.69. The van der Waals surface area contributed by atoms with Crippen molar-refractivity contribution >= 4 is 0 Å². The molecule has 0 aromatic rings. The van der Waals surface area contributed by atoms with E-state index in [0.29, 0.717) is 0 Å². The maximum atomic E-state index is 3.93. The fraction of sp³-hybridized carbons (Fsp3) is 0.889. The maximum Gasteiger partial charge on any atom is -0.0388 e. The minimum absolute atomic E-state index is 0.882. The Morgan fingerprint density at radius 3 is 2.44 bits per heavy atom. The van der Waals surface area contributed by atoms with Gasteiger partial charge in [-0.3, -0.25) is 0 Å². The van der Waals surface area contributed by atoms with Crippen LogP contribution in [0.1, 0.15) is 39.0 Å². The smallest absolute Gasteiger partial charge is 0.0388 e. The summed E-state index contributed by atoms with van der Waals surface area (Å²) in [4.78, 5) is 0. The van der Waals surface area contributed by atoms with Gasteiger partial charge in [-0.2, -0.15) is 0 Å². The van der Waals surface area contributed by atoms with E-state index in [1.165, 1.54) is 25.7 Å². The van der Waals surface area contributed by atoms with Gasteiger partial charge in [0.25, 0.3) is 0 Å². The summed E-state index contributed by atoms with van der Waals surface area (Å²) >= 11 is 0. The second-order valence-corrected chi connectivity index (χ2v) is 3.31. The van der Waals surface area contributed by atoms with Crippen LogP contribution in [0.25, 0.3) is 0 Å². The van der Waals surface area contributed by atoms with Crippen LogP contribution in [0.3, 0.4) is 0 Å². The first-order valence-electron chi connectivity index (χ1n) is 4.14. The van der Waals surface area contributed by atoms with Gasteiger partial charge in [0.15, 0.2) is 0 Å². The Bertz CT molecular complexity index is 70.1. The molecule has 1 radical (unpaired) electrons. The van der Waals surface area contributed by atoms with E-state index in [4.69, 9.17) is 0 Å². The summed E-state index contributed by atoms with van der Waals surface area (Å²) in [6.07, 6.45) is 7.00. The first kappa shape index (κ1) is 7.11. The monoisotopic (exact) mass is 125 g/mol. The van der Waals surface area contributed by atoms with Crippen LogP contribution in [0.15, 0.2) is 0 Å². The van der Waals surface area contributed by atoms with E-state index in [9.17, 15) is 0 Å². The highest BCUT2D eigenvalue weighted by Crippen LogP contribution is 2.32. The van der Waals surface area contributed by atoms with Crippen molar-refractivity contribution in [3.05, 3.63) is 6.92 Å². The van der Waals surface area contributed by atoms with E-state index in [0.717, 1.165) is 18.3 Å². The van der Waals surface area contributed by atoms with Gasteiger partial charge in [0, 0.05) is 0 Å². The summed E-state index contributed by atoms with van der Waals surface area (Å²) < 4.78 is 0. The maximum absolute atomic E-state index is 3.93. The highest BCUT2D eigenvalue weighted by Gasteiger charge is 2.19. The second-order valence-electron chi connectivity index (χ2n) is 3.31. The summed E-state index contributed by atoms with van der Waals surface area (Å²) in [5.74, 6) is 1.90. The van der Waals surface area contributed by atoms with E-state index in [-0.39, 0.29) is 0 Å². The molecule has 0 saturated heterocycles. The molecule has 0 heteroatoms. The van der Waals surface area contributed by atoms with Crippen molar-refractivity contribution in [2.75, 3.05) is 0 Å². The van der Waals surface area contributed by atoms with Gasteiger partial charge in [-0.05, 0) is 11.8 Å². The summed E-state index contributed by atoms with van der Waals surface area (Å²) in [6.45, 7) is 6.27. The zero-order valence-corrected chi connectivity index (χ0v) is 6.40. The molecule has 1 atom stereocenters. The lowest BCUT2D eigenvalue weighted by Crippen LogP contribution is -2.05. The Morgan fingerprint density at radius 2 is 2.00 bits per heavy atom. The molecule has 1 unspecified atom stereocenters. The first-order chi connectivity index (χ1) is 4.34. The lowest BCUT2D eigenvalue weighted by molar-refractivity contribution is 0.369. The third-order valence-electron chi connectivity index (χ3n) is 2.66. The fourth-order valence-electron chi connectivity index (χ4n) is 1.76. The van der Waals surface area contributed by atoms with E-state index < -0.39 is 0 Å². The van der Waals surface area contributed by atoms with Crippen LogP contribution in [-0.2, 0) is 0 Å². The Morgan fingerprint density at radius 1 is 1.44 bits per heavy atom. The predicted octanol–water partition coefficient (Wildman–Crippen LogP) is 3.04. The Balaban J connectivity index is 2.24. The standard InChI is InChI=1S/C9H17/c1-3-8(2)9-6-4-5-7-9/h8-9H,1,3-7H2,2H3. The number of hydrogen-bond acceptors (Lipinski definition) is 0. The van der Waals surface area contributed by atoms with Crippen molar-refractivity contribution in [2.45, 2.75) is 39.0 Å². The van der Waals surface area contributed by atoms with Crippen LogP contribution in [-0.4, -0.2) is 0 Å². The van der Waals surface area contributed by atoms with Gasteiger partial charge in [-0.15, -0.1) is 0 Å². The molecule has 1 aliphatic rings. The van der Waals surface area contributed by atoms with Gasteiger partial charge in [-0.25, -0.2) is 0 Å². The van der Waals surface area contributed by atoms with Gasteiger partial charge in [0.2, 0.25) is 0 Å². The van der Waals surface area contributed by atoms with Gasteiger partial charge >= 0.3 is 0 Å². The van der Waals surface area contributed by atoms with Crippen LogP contribution < -0.4 is 0 Å². The van der Waals surface area contributed by atoms with Gasteiger partial charge in [0.1, 0.15) is 0 Å². The molecule has 0 nitrogen and oxygen atoms in total. The van der Waals surface area contributed by atoms with Crippen molar-refractivity contribution in [1.29, 1.82) is 0 Å². The van der Waals surface area contributed by atoms with Crippen LogP contribution in [0.5, 0.6) is 0 Å². The van der Waals surface area contributed by atoms with E-state index >= 15 is 0 Å². The Kier molecular flexibility index (Phi) is 2.56. The van der Waals surface area contributed by atoms with Crippen LogP contribution in [0, 0.1) is 18.8 Å². The highest BCUT2D eigenvalue weighted by molar-refractivity contribution is 4.72. The van der Waals surface area contributed by atoms with Crippen LogP contribution >= 0.6 is 0 Å². The topological polar surface area (TPSA) is 0 Å². The molecule has 9 heavy (non-hydrogen) atoms. The van der Waals surface area contributed by atoms with E-state index in [1.807, 2.05) is 0 Å². The van der Waals surface area contributed by atoms with E-state index in [2.05, 4.69) is 13.8 Å². The molecule has 0 aliphatic heterocycles. The van der Waals surface area contributed by atoms with Gasteiger partial charge < -0.3 is 0 Å². The predicted molar refractivity (Wildman–Crippen MR) is 41.1 cm³/mol. The quantitative estimate of drug-likeness (QED) is 0.532. The van der Waals surface area contributed by atoms with Gasteiger partial charge in [0.05, 0.1) is 0 Å². The average Bonchev–Trinajstić information content (AvgIpc) is 2.37. The van der Waals surface area contributed by atoms with Crippen molar-refractivity contribution in [3.8, 4) is 0 Å². The number of hydrogen-bond donors (Lipinski definition) is 0. The van der Waals surface area contributed by atoms with E-state index in [1.54, 1.807) is 0 Å². The minimum atomic E-state index is 0.882. The zero-order valence-electron chi connectivity index (χ0n) is 6.40. The number of rotatable bonds is 2. The summed E-state index contributed by atoms with van der Waals surface area (Å²) in [5.41, 5.74) is 0. The van der Waals surface area contributed by atoms with Crippen molar-refractivity contribution < 1.29 is 0 Å². The Labute approximate surface area is 58.7 Å². The lowest BCUT2D eigenvalue weighted by Gasteiger charge is -2.15. The molecule has 1 fully saturated rings. The Hall–Kier alpha value is 0. The molecule has 0 N–H and O–H groups in total. The molecular formula is C9H17. The molecule has 53 valence electrons. The van der Waals surface area contributed by atoms with Crippen molar-refractivity contribution in [3.63, 3.8) is 0 Å². The minimum Gasteiger partial charge on any atom is -0.0622 e. The third kappa shape index (κ3) is 1.70. The molecule has 1 saturated carbocycles. The van der Waals surface area contributed by atoms with Crippen LogP contribution in [0.4, 0.5) is 0 Å². The SMILES string of the molecule is [CH2]CC(C)C1CCCC1. The molecule has 1 rings (SSSR count). The third-order valence-corrected chi connectivity index (χ3v) is 2.66. The lowest BCUT2D eigenvalue weighted by atomic mass is 9.91. The largest absolute Gasteiger partial charge is 0.0622 e. The first-order valence-corrected chi connectivity index (χ1v) is 4.14. The highest BCUT2D eigenvalue weighted by atomic mass is 14.2.